The Kier molecular flexibility index (Phi) is 4.05. The van der Waals surface area contributed by atoms with Crippen LogP contribution in [0.3, 0.4) is 0 Å². The molecule has 128 valence electrons. The topological polar surface area (TPSA) is 83.9 Å². The van der Waals surface area contributed by atoms with Crippen LogP contribution in [0.1, 0.15) is 23.2 Å². The fourth-order valence-electron chi connectivity index (χ4n) is 3.36. The van der Waals surface area contributed by atoms with E-state index in [4.69, 9.17) is 0 Å². The maximum atomic E-state index is 12.7. The van der Waals surface area contributed by atoms with Crippen LogP contribution in [-0.4, -0.2) is 43.4 Å². The first-order valence-corrected chi connectivity index (χ1v) is 8.43. The van der Waals surface area contributed by atoms with Crippen LogP contribution in [0, 0.1) is 5.92 Å². The maximum Gasteiger partial charge on any atom is 0.253 e. The van der Waals surface area contributed by atoms with Gasteiger partial charge in [0, 0.05) is 37.5 Å². The molecule has 0 bridgehead atoms. The number of piperidine rings is 1. The molecule has 0 spiro atoms. The SMILES string of the molecule is O=C(c1ccc2nc[nH]c2c1)N1CCC(Cn2cnccc2=O)CC1. The van der Waals surface area contributed by atoms with Gasteiger partial charge in [-0.2, -0.15) is 0 Å². The molecule has 0 atom stereocenters. The smallest absolute Gasteiger partial charge is 0.253 e. The summed E-state index contributed by atoms with van der Waals surface area (Å²) >= 11 is 0. The Balaban J connectivity index is 1.40. The minimum atomic E-state index is -0.0265. The summed E-state index contributed by atoms with van der Waals surface area (Å²) in [5, 5.41) is 0. The third-order valence-electron chi connectivity index (χ3n) is 4.82. The molecular weight excluding hydrogens is 318 g/mol. The van der Waals surface area contributed by atoms with Crippen molar-refractivity contribution in [1.29, 1.82) is 0 Å². The number of hydrogen-bond acceptors (Lipinski definition) is 4. The highest BCUT2D eigenvalue weighted by Gasteiger charge is 2.24. The molecule has 0 radical (unpaired) electrons. The maximum absolute atomic E-state index is 12.7. The fourth-order valence-corrected chi connectivity index (χ4v) is 3.36. The van der Waals surface area contributed by atoms with Gasteiger partial charge in [-0.3, -0.25) is 14.2 Å². The third-order valence-corrected chi connectivity index (χ3v) is 4.82. The summed E-state index contributed by atoms with van der Waals surface area (Å²) in [5.41, 5.74) is 2.38. The number of aromatic nitrogens is 4. The number of imidazole rings is 1. The Morgan fingerprint density at radius 2 is 2.08 bits per heavy atom. The highest BCUT2D eigenvalue weighted by molar-refractivity contribution is 5.97. The van der Waals surface area contributed by atoms with Gasteiger partial charge in [-0.1, -0.05) is 0 Å². The molecule has 3 aromatic rings. The van der Waals surface area contributed by atoms with Gasteiger partial charge in [0.15, 0.2) is 0 Å². The lowest BCUT2D eigenvalue weighted by molar-refractivity contribution is 0.0682. The summed E-state index contributed by atoms with van der Waals surface area (Å²) in [5.74, 6) is 0.439. The Morgan fingerprint density at radius 1 is 1.24 bits per heavy atom. The molecule has 25 heavy (non-hydrogen) atoms. The zero-order chi connectivity index (χ0) is 17.2. The van der Waals surface area contributed by atoms with E-state index in [1.54, 1.807) is 17.2 Å². The first-order valence-electron chi connectivity index (χ1n) is 8.43. The highest BCUT2D eigenvalue weighted by Crippen LogP contribution is 2.21. The van der Waals surface area contributed by atoms with Gasteiger partial charge in [0.1, 0.15) is 0 Å². The monoisotopic (exact) mass is 337 g/mol. The third kappa shape index (κ3) is 3.17. The minimum absolute atomic E-state index is 0.0265. The van der Waals surface area contributed by atoms with Crippen molar-refractivity contribution in [1.82, 2.24) is 24.4 Å². The molecule has 1 saturated heterocycles. The molecule has 0 aliphatic carbocycles. The number of nitrogens with zero attached hydrogens (tertiary/aromatic N) is 4. The quantitative estimate of drug-likeness (QED) is 0.788. The van der Waals surface area contributed by atoms with Gasteiger partial charge in [0.2, 0.25) is 0 Å². The Morgan fingerprint density at radius 3 is 2.88 bits per heavy atom. The second-order valence-electron chi connectivity index (χ2n) is 6.44. The van der Waals surface area contributed by atoms with Crippen LogP contribution in [0.5, 0.6) is 0 Å². The zero-order valence-corrected chi connectivity index (χ0v) is 13.8. The summed E-state index contributed by atoms with van der Waals surface area (Å²) < 4.78 is 1.65. The van der Waals surface area contributed by atoms with E-state index in [0.29, 0.717) is 31.1 Å². The van der Waals surface area contributed by atoms with Crippen molar-refractivity contribution in [3.05, 3.63) is 59.0 Å². The van der Waals surface area contributed by atoms with Gasteiger partial charge in [-0.05, 0) is 37.0 Å². The summed E-state index contributed by atoms with van der Waals surface area (Å²) in [4.78, 5) is 37.6. The molecule has 1 amide bonds. The second-order valence-corrected chi connectivity index (χ2v) is 6.44. The van der Waals surface area contributed by atoms with E-state index < -0.39 is 0 Å². The summed E-state index contributed by atoms with van der Waals surface area (Å²) in [6.07, 6.45) is 6.50. The van der Waals surface area contributed by atoms with Gasteiger partial charge >= 0.3 is 0 Å². The number of likely N-dealkylation sites (tertiary alicyclic amines) is 1. The lowest BCUT2D eigenvalue weighted by Gasteiger charge is -2.32. The van der Waals surface area contributed by atoms with Crippen molar-refractivity contribution >= 4 is 16.9 Å². The predicted molar refractivity (Wildman–Crippen MR) is 93.2 cm³/mol. The number of H-pyrrole nitrogens is 1. The van der Waals surface area contributed by atoms with Crippen LogP contribution < -0.4 is 5.56 Å². The molecule has 0 unspecified atom stereocenters. The number of nitrogens with one attached hydrogen (secondary N) is 1. The van der Waals surface area contributed by atoms with Gasteiger partial charge in [0.25, 0.3) is 11.5 Å². The van der Waals surface area contributed by atoms with Crippen molar-refractivity contribution < 1.29 is 4.79 Å². The average Bonchev–Trinajstić information content (AvgIpc) is 3.11. The van der Waals surface area contributed by atoms with Crippen molar-refractivity contribution in [3.63, 3.8) is 0 Å². The first-order chi connectivity index (χ1) is 12.2. The molecule has 7 nitrogen and oxygen atoms in total. The number of benzene rings is 1. The van der Waals surface area contributed by atoms with Crippen LogP contribution in [0.15, 0.2) is 47.9 Å². The average molecular weight is 337 g/mol. The summed E-state index contributed by atoms with van der Waals surface area (Å²) in [7, 11) is 0. The van der Waals surface area contributed by atoms with E-state index in [1.807, 2.05) is 23.1 Å². The van der Waals surface area contributed by atoms with Crippen LogP contribution >= 0.6 is 0 Å². The number of carbonyl (C=O) groups is 1. The molecule has 7 heteroatoms. The predicted octanol–water partition coefficient (Wildman–Crippen LogP) is 1.67. The standard InChI is InChI=1S/C18H19N5O2/c24-17-3-6-19-12-23(17)10-13-4-7-22(8-5-13)18(25)14-1-2-15-16(9-14)21-11-20-15/h1-3,6,9,11-13H,4-5,7-8,10H2,(H,20,21). The van der Waals surface area contributed by atoms with Gasteiger partial charge in [-0.15, -0.1) is 0 Å². The molecule has 1 aliphatic rings. The highest BCUT2D eigenvalue weighted by atomic mass is 16.2. The Hall–Kier alpha value is -2.96. The van der Waals surface area contributed by atoms with Crippen molar-refractivity contribution in [3.8, 4) is 0 Å². The van der Waals surface area contributed by atoms with Crippen LogP contribution in [0.25, 0.3) is 11.0 Å². The van der Waals surface area contributed by atoms with Crippen molar-refractivity contribution in [2.24, 2.45) is 5.92 Å². The van der Waals surface area contributed by atoms with Crippen LogP contribution in [0.4, 0.5) is 0 Å². The molecular formula is C18H19N5O2. The molecule has 1 aromatic carbocycles. The second kappa shape index (κ2) is 6.51. The lowest BCUT2D eigenvalue weighted by atomic mass is 9.96. The van der Waals surface area contributed by atoms with E-state index in [-0.39, 0.29) is 11.5 Å². The van der Waals surface area contributed by atoms with Crippen molar-refractivity contribution in [2.75, 3.05) is 13.1 Å². The minimum Gasteiger partial charge on any atom is -0.345 e. The van der Waals surface area contributed by atoms with Crippen LogP contribution in [0.2, 0.25) is 0 Å². The molecule has 1 fully saturated rings. The van der Waals surface area contributed by atoms with E-state index in [1.165, 1.54) is 12.3 Å². The van der Waals surface area contributed by atoms with Gasteiger partial charge < -0.3 is 9.88 Å². The van der Waals surface area contributed by atoms with E-state index in [2.05, 4.69) is 15.0 Å². The molecule has 0 saturated carbocycles. The number of amides is 1. The molecule has 4 rings (SSSR count). The molecule has 1 N–H and O–H groups in total. The largest absolute Gasteiger partial charge is 0.345 e. The number of carbonyl (C=O) groups excluding carboxylic acids is 1. The molecule has 3 heterocycles. The molecule has 2 aromatic heterocycles. The first kappa shape index (κ1) is 15.6. The summed E-state index contributed by atoms with van der Waals surface area (Å²) in [6, 6.07) is 7.02. The van der Waals surface area contributed by atoms with E-state index >= 15 is 0 Å². The normalized spacial score (nSPS) is 15.6. The number of hydrogen-bond donors (Lipinski definition) is 1. The van der Waals surface area contributed by atoms with Crippen LogP contribution in [-0.2, 0) is 6.54 Å². The Labute approximate surface area is 144 Å². The zero-order valence-electron chi connectivity index (χ0n) is 13.8. The lowest BCUT2D eigenvalue weighted by Crippen LogP contribution is -2.40. The van der Waals surface area contributed by atoms with E-state index in [9.17, 15) is 9.59 Å². The van der Waals surface area contributed by atoms with Crippen molar-refractivity contribution in [2.45, 2.75) is 19.4 Å². The fraction of sp³-hybridized carbons (Fsp3) is 0.333. The Bertz CT molecular complexity index is 953. The van der Waals surface area contributed by atoms with E-state index in [0.717, 1.165) is 23.9 Å². The molecule has 1 aliphatic heterocycles. The number of rotatable bonds is 3. The van der Waals surface area contributed by atoms with Gasteiger partial charge in [0.05, 0.1) is 23.7 Å². The number of fused-ring (bicyclic) bond motifs is 1. The van der Waals surface area contributed by atoms with Gasteiger partial charge in [-0.25, -0.2) is 9.97 Å². The number of aromatic amines is 1. The summed E-state index contributed by atoms with van der Waals surface area (Å²) in [6.45, 7) is 2.08.